The van der Waals surface area contributed by atoms with Gasteiger partial charge in [-0.05, 0) is 61.7 Å². The molecule has 3 aliphatic carbocycles. The molecule has 0 spiro atoms. The minimum atomic E-state index is 0.110. The molecule has 0 saturated heterocycles. The molecule has 1 N–H and O–H groups in total. The van der Waals surface area contributed by atoms with Gasteiger partial charge >= 0.3 is 0 Å². The van der Waals surface area contributed by atoms with E-state index in [0.29, 0.717) is 11.8 Å². The van der Waals surface area contributed by atoms with E-state index in [0.717, 1.165) is 31.7 Å². The summed E-state index contributed by atoms with van der Waals surface area (Å²) in [6.45, 7) is 5.68. The van der Waals surface area contributed by atoms with Gasteiger partial charge in [0.1, 0.15) is 12.7 Å². The summed E-state index contributed by atoms with van der Waals surface area (Å²) in [5.41, 5.74) is 3.13. The van der Waals surface area contributed by atoms with E-state index in [9.17, 15) is 4.79 Å². The Morgan fingerprint density at radius 1 is 1.19 bits per heavy atom. The smallest absolute Gasteiger partial charge is 0.243 e. The Morgan fingerprint density at radius 2 is 2.08 bits per heavy atom. The summed E-state index contributed by atoms with van der Waals surface area (Å²) < 4.78 is 1.99. The molecule has 0 bridgehead atoms. The number of fused-ring (bicyclic) bond motifs is 5. The molecule has 5 heteroatoms. The highest BCUT2D eigenvalue weighted by Gasteiger charge is 2.57. The summed E-state index contributed by atoms with van der Waals surface area (Å²) in [7, 11) is 0. The van der Waals surface area contributed by atoms with E-state index < -0.39 is 0 Å². The minimum Gasteiger partial charge on any atom is -0.353 e. The first-order valence-corrected chi connectivity index (χ1v) is 10.1. The molecule has 1 amide bonds. The Morgan fingerprint density at radius 3 is 2.88 bits per heavy atom. The lowest BCUT2D eigenvalue weighted by molar-refractivity contribution is -0.116. The standard InChI is InChI=1S/C21H28N4O/c1-20-9-10-23-19(26)11-14(20)3-4-15-16-5-6-18(25-13-22-12-24-25)21(16,2)8-7-17(15)20/h6,11-13,15-17H,3-5,7-10H2,1-2H3,(H,23,26)/t15-,16-,17-,20-,21-/m0/s1. The van der Waals surface area contributed by atoms with Gasteiger partial charge in [-0.2, -0.15) is 5.10 Å². The predicted octanol–water partition coefficient (Wildman–Crippen LogP) is 3.42. The fraction of sp³-hybridized carbons (Fsp3) is 0.667. The van der Waals surface area contributed by atoms with Crippen molar-refractivity contribution < 1.29 is 4.79 Å². The molecule has 0 radical (unpaired) electrons. The maximum absolute atomic E-state index is 12.0. The Hall–Kier alpha value is -1.91. The fourth-order valence-electron chi connectivity index (χ4n) is 6.80. The molecule has 5 atom stereocenters. The molecule has 2 heterocycles. The van der Waals surface area contributed by atoms with Gasteiger partial charge in [0.2, 0.25) is 5.91 Å². The Labute approximate surface area is 155 Å². The van der Waals surface area contributed by atoms with Crippen LogP contribution in [0.2, 0.25) is 0 Å². The summed E-state index contributed by atoms with van der Waals surface area (Å²) in [5.74, 6) is 2.22. The van der Waals surface area contributed by atoms with Gasteiger partial charge in [-0.25, -0.2) is 9.67 Å². The van der Waals surface area contributed by atoms with Gasteiger partial charge in [-0.15, -0.1) is 0 Å². The molecule has 4 aliphatic rings. The quantitative estimate of drug-likeness (QED) is 0.842. The number of nitrogens with one attached hydrogen (secondary N) is 1. The molecule has 0 aromatic carbocycles. The average Bonchev–Trinajstić information content (AvgIpc) is 3.20. The van der Waals surface area contributed by atoms with Crippen LogP contribution in [-0.2, 0) is 4.79 Å². The molecule has 1 aromatic heterocycles. The van der Waals surface area contributed by atoms with Crippen LogP contribution in [0.25, 0.3) is 5.70 Å². The Balaban J connectivity index is 1.48. The number of carbonyl (C=O) groups is 1. The maximum Gasteiger partial charge on any atom is 0.243 e. The number of aromatic nitrogens is 3. The maximum atomic E-state index is 12.0. The average molecular weight is 352 g/mol. The van der Waals surface area contributed by atoms with Crippen LogP contribution in [0.15, 0.2) is 30.4 Å². The molecule has 5 rings (SSSR count). The van der Waals surface area contributed by atoms with E-state index in [1.165, 1.54) is 30.5 Å². The number of allylic oxidation sites excluding steroid dienone is 3. The first-order valence-electron chi connectivity index (χ1n) is 10.1. The predicted molar refractivity (Wildman–Crippen MR) is 99.8 cm³/mol. The van der Waals surface area contributed by atoms with Crippen molar-refractivity contribution in [1.29, 1.82) is 0 Å². The molecule has 2 saturated carbocycles. The molecular weight excluding hydrogens is 324 g/mol. The van der Waals surface area contributed by atoms with Crippen LogP contribution in [0.5, 0.6) is 0 Å². The molecule has 5 nitrogen and oxygen atoms in total. The zero-order valence-corrected chi connectivity index (χ0v) is 15.7. The second-order valence-electron chi connectivity index (χ2n) is 9.16. The van der Waals surface area contributed by atoms with E-state index >= 15 is 0 Å². The summed E-state index contributed by atoms with van der Waals surface area (Å²) in [6, 6.07) is 0. The Bertz CT molecular complexity index is 795. The van der Waals surface area contributed by atoms with Crippen LogP contribution in [0.3, 0.4) is 0 Å². The van der Waals surface area contributed by atoms with Gasteiger partial charge in [0.25, 0.3) is 0 Å². The third-order valence-corrected chi connectivity index (χ3v) is 8.19. The number of carbonyl (C=O) groups excluding carboxylic acids is 1. The first kappa shape index (κ1) is 16.3. The highest BCUT2D eigenvalue weighted by molar-refractivity contribution is 5.88. The summed E-state index contributed by atoms with van der Waals surface area (Å²) >= 11 is 0. The molecule has 26 heavy (non-hydrogen) atoms. The summed E-state index contributed by atoms with van der Waals surface area (Å²) in [5, 5.41) is 7.48. The summed E-state index contributed by atoms with van der Waals surface area (Å²) in [4.78, 5) is 16.2. The second kappa shape index (κ2) is 5.54. The zero-order valence-electron chi connectivity index (χ0n) is 15.7. The van der Waals surface area contributed by atoms with E-state index in [2.05, 4.69) is 35.3 Å². The number of nitrogens with zero attached hydrogens (tertiary/aromatic N) is 3. The first-order chi connectivity index (χ1) is 12.5. The Kier molecular flexibility index (Phi) is 3.47. The number of hydrogen-bond acceptors (Lipinski definition) is 3. The van der Waals surface area contributed by atoms with Crippen molar-refractivity contribution >= 4 is 11.6 Å². The molecular formula is C21H28N4O. The van der Waals surface area contributed by atoms with E-state index in [-0.39, 0.29) is 16.7 Å². The molecule has 138 valence electrons. The minimum absolute atomic E-state index is 0.110. The lowest BCUT2D eigenvalue weighted by Crippen LogP contribution is -2.49. The molecule has 2 fully saturated rings. The summed E-state index contributed by atoms with van der Waals surface area (Å²) in [6.07, 6.45) is 14.8. The van der Waals surface area contributed by atoms with Gasteiger partial charge in [0.05, 0.1) is 0 Å². The van der Waals surface area contributed by atoms with Crippen molar-refractivity contribution in [2.75, 3.05) is 6.54 Å². The largest absolute Gasteiger partial charge is 0.353 e. The third kappa shape index (κ3) is 2.12. The topological polar surface area (TPSA) is 59.8 Å². The van der Waals surface area contributed by atoms with Crippen LogP contribution < -0.4 is 5.32 Å². The van der Waals surface area contributed by atoms with Crippen LogP contribution in [-0.4, -0.2) is 27.2 Å². The van der Waals surface area contributed by atoms with Gasteiger partial charge in [-0.1, -0.05) is 25.5 Å². The van der Waals surface area contributed by atoms with Crippen molar-refractivity contribution in [2.45, 2.75) is 52.4 Å². The molecule has 1 aliphatic heterocycles. The monoisotopic (exact) mass is 352 g/mol. The zero-order chi connectivity index (χ0) is 17.9. The van der Waals surface area contributed by atoms with Crippen LogP contribution in [0.1, 0.15) is 52.4 Å². The fourth-order valence-corrected chi connectivity index (χ4v) is 6.80. The molecule has 1 aromatic rings. The van der Waals surface area contributed by atoms with Crippen LogP contribution in [0.4, 0.5) is 0 Å². The SMILES string of the molecule is C[C@]12CCNC(=O)C=C1CC[C@@H]1[C@@H]2CC[C@]2(C)C(n3cncn3)=CC[C@@H]12. The van der Waals surface area contributed by atoms with Gasteiger partial charge < -0.3 is 5.32 Å². The van der Waals surface area contributed by atoms with E-state index in [1.807, 2.05) is 17.1 Å². The van der Waals surface area contributed by atoms with Crippen molar-refractivity contribution in [3.05, 3.63) is 30.4 Å². The van der Waals surface area contributed by atoms with Crippen molar-refractivity contribution in [3.8, 4) is 0 Å². The number of rotatable bonds is 1. The lowest BCUT2D eigenvalue weighted by atomic mass is 9.48. The van der Waals surface area contributed by atoms with Gasteiger partial charge in [0.15, 0.2) is 0 Å². The third-order valence-electron chi connectivity index (χ3n) is 8.19. The lowest BCUT2D eigenvalue weighted by Gasteiger charge is -2.56. The second-order valence-corrected chi connectivity index (χ2v) is 9.16. The molecule has 0 unspecified atom stereocenters. The number of amides is 1. The highest BCUT2D eigenvalue weighted by Crippen LogP contribution is 2.65. The highest BCUT2D eigenvalue weighted by atomic mass is 16.1. The van der Waals surface area contributed by atoms with E-state index in [1.54, 1.807) is 6.33 Å². The van der Waals surface area contributed by atoms with Gasteiger partial charge in [0, 0.05) is 23.7 Å². The van der Waals surface area contributed by atoms with Crippen molar-refractivity contribution in [1.82, 2.24) is 20.1 Å². The van der Waals surface area contributed by atoms with Crippen molar-refractivity contribution in [2.24, 2.45) is 28.6 Å². The van der Waals surface area contributed by atoms with Crippen LogP contribution >= 0.6 is 0 Å². The van der Waals surface area contributed by atoms with Crippen molar-refractivity contribution in [3.63, 3.8) is 0 Å². The van der Waals surface area contributed by atoms with Gasteiger partial charge in [-0.3, -0.25) is 4.79 Å². The van der Waals surface area contributed by atoms with E-state index in [4.69, 9.17) is 0 Å². The number of hydrogen-bond donors (Lipinski definition) is 1. The normalized spacial score (nSPS) is 41.9. The van der Waals surface area contributed by atoms with Crippen LogP contribution in [0, 0.1) is 28.6 Å².